The molecule has 2 aromatic rings. The van der Waals surface area contributed by atoms with Gasteiger partial charge < -0.3 is 4.90 Å². The highest BCUT2D eigenvalue weighted by molar-refractivity contribution is 6.07. The van der Waals surface area contributed by atoms with Gasteiger partial charge in [0.1, 0.15) is 12.6 Å². The van der Waals surface area contributed by atoms with Crippen LogP contribution in [0.25, 0.3) is 10.8 Å². The smallest absolute Gasteiger partial charge is 0.255 e. The first kappa shape index (κ1) is 13.3. The Bertz CT molecular complexity index is 754. The number of hydrogen-bond donors (Lipinski definition) is 1. The summed E-state index contributed by atoms with van der Waals surface area (Å²) in [5, 5.41) is 4.21. The molecule has 0 aliphatic carbocycles. The second-order valence-corrected chi connectivity index (χ2v) is 5.08. The Labute approximate surface area is 121 Å². The molecule has 1 unspecified atom stereocenters. The molecule has 1 heterocycles. The summed E-state index contributed by atoms with van der Waals surface area (Å²) in [4.78, 5) is 36.9. The van der Waals surface area contributed by atoms with Gasteiger partial charge in [-0.2, -0.15) is 0 Å². The van der Waals surface area contributed by atoms with Gasteiger partial charge in [0.2, 0.25) is 11.8 Å². The molecule has 3 amide bonds. The average molecular weight is 282 g/mol. The number of hydrogen-bond acceptors (Lipinski definition) is 3. The molecule has 1 aliphatic rings. The van der Waals surface area contributed by atoms with Gasteiger partial charge >= 0.3 is 0 Å². The van der Waals surface area contributed by atoms with E-state index in [0.717, 1.165) is 10.8 Å². The molecule has 1 aliphatic heterocycles. The van der Waals surface area contributed by atoms with Crippen molar-refractivity contribution < 1.29 is 14.4 Å². The van der Waals surface area contributed by atoms with Crippen LogP contribution in [0.2, 0.25) is 0 Å². The Hall–Kier alpha value is -2.69. The summed E-state index contributed by atoms with van der Waals surface area (Å²) < 4.78 is 0. The van der Waals surface area contributed by atoms with E-state index in [9.17, 15) is 14.4 Å². The van der Waals surface area contributed by atoms with E-state index in [1.807, 2.05) is 30.3 Å². The molecule has 1 saturated heterocycles. The Morgan fingerprint density at radius 3 is 2.62 bits per heavy atom. The number of nitrogens with one attached hydrogen (secondary N) is 1. The van der Waals surface area contributed by atoms with Crippen LogP contribution in [-0.4, -0.2) is 35.2 Å². The van der Waals surface area contributed by atoms with Gasteiger partial charge in [-0.1, -0.05) is 30.3 Å². The van der Waals surface area contributed by atoms with Crippen LogP contribution in [-0.2, 0) is 9.59 Å². The van der Waals surface area contributed by atoms with Crippen molar-refractivity contribution in [1.29, 1.82) is 0 Å². The van der Waals surface area contributed by atoms with Crippen LogP contribution < -0.4 is 5.32 Å². The van der Waals surface area contributed by atoms with E-state index in [2.05, 4.69) is 5.32 Å². The summed E-state index contributed by atoms with van der Waals surface area (Å²) in [6.45, 7) is 1.51. The number of fused-ring (bicyclic) bond motifs is 1. The molecule has 0 spiro atoms. The molecule has 0 saturated carbocycles. The summed E-state index contributed by atoms with van der Waals surface area (Å²) >= 11 is 0. The largest absolute Gasteiger partial charge is 0.318 e. The normalized spacial score (nSPS) is 18.7. The van der Waals surface area contributed by atoms with Crippen LogP contribution in [0.5, 0.6) is 0 Å². The first-order chi connectivity index (χ1) is 10.1. The second-order valence-electron chi connectivity index (χ2n) is 5.08. The van der Waals surface area contributed by atoms with E-state index in [-0.39, 0.29) is 12.5 Å². The molecule has 0 radical (unpaired) electrons. The lowest BCUT2D eigenvalue weighted by molar-refractivity contribution is -0.138. The van der Waals surface area contributed by atoms with Crippen LogP contribution in [0.15, 0.2) is 42.5 Å². The van der Waals surface area contributed by atoms with E-state index in [4.69, 9.17) is 0 Å². The molecule has 0 bridgehead atoms. The van der Waals surface area contributed by atoms with Crippen molar-refractivity contribution in [2.75, 3.05) is 6.54 Å². The number of imide groups is 1. The Morgan fingerprint density at radius 1 is 1.14 bits per heavy atom. The maximum absolute atomic E-state index is 12.5. The standard InChI is InChI=1S/C16H14N2O3/c1-10-15(20)17-14(19)9-18(10)16(21)13-7-6-11-4-2-3-5-12(11)8-13/h2-8,10H,9H2,1H3,(H,17,19,20). The van der Waals surface area contributed by atoms with Gasteiger partial charge in [-0.3, -0.25) is 19.7 Å². The van der Waals surface area contributed by atoms with E-state index in [1.165, 1.54) is 4.90 Å². The summed E-state index contributed by atoms with van der Waals surface area (Å²) in [6, 6.07) is 12.4. The fraction of sp³-hybridized carbons (Fsp3) is 0.188. The Kier molecular flexibility index (Phi) is 3.17. The molecular formula is C16H14N2O3. The molecule has 5 heteroatoms. The third-order valence-corrected chi connectivity index (χ3v) is 3.68. The summed E-state index contributed by atoms with van der Waals surface area (Å²) in [6.07, 6.45) is 0. The zero-order valence-electron chi connectivity index (χ0n) is 11.5. The minimum Gasteiger partial charge on any atom is -0.318 e. The molecule has 106 valence electrons. The van der Waals surface area contributed by atoms with Crippen LogP contribution in [0.4, 0.5) is 0 Å². The average Bonchev–Trinajstić information content (AvgIpc) is 2.49. The predicted octanol–water partition coefficient (Wildman–Crippen LogP) is 1.33. The quantitative estimate of drug-likeness (QED) is 0.802. The molecule has 0 aromatic heterocycles. The summed E-state index contributed by atoms with van der Waals surface area (Å²) in [7, 11) is 0. The number of rotatable bonds is 1. The maximum atomic E-state index is 12.5. The lowest BCUT2D eigenvalue weighted by Crippen LogP contribution is -2.58. The number of carbonyl (C=O) groups is 3. The topological polar surface area (TPSA) is 66.5 Å². The molecule has 3 rings (SSSR count). The zero-order valence-corrected chi connectivity index (χ0v) is 11.5. The molecule has 21 heavy (non-hydrogen) atoms. The van der Waals surface area contributed by atoms with Gasteiger partial charge in [0.05, 0.1) is 0 Å². The van der Waals surface area contributed by atoms with Crippen LogP contribution in [0, 0.1) is 0 Å². The molecule has 1 fully saturated rings. The predicted molar refractivity (Wildman–Crippen MR) is 77.6 cm³/mol. The molecule has 1 N–H and O–H groups in total. The maximum Gasteiger partial charge on any atom is 0.255 e. The lowest BCUT2D eigenvalue weighted by atomic mass is 10.0. The fourth-order valence-electron chi connectivity index (χ4n) is 2.45. The number of piperazine rings is 1. The number of benzene rings is 2. The fourth-order valence-corrected chi connectivity index (χ4v) is 2.45. The Morgan fingerprint density at radius 2 is 1.86 bits per heavy atom. The molecule has 1 atom stereocenters. The zero-order chi connectivity index (χ0) is 15.0. The SMILES string of the molecule is CC1C(=O)NC(=O)CN1C(=O)c1ccc2ccccc2c1. The highest BCUT2D eigenvalue weighted by Crippen LogP contribution is 2.18. The molecule has 2 aromatic carbocycles. The molecular weight excluding hydrogens is 268 g/mol. The third kappa shape index (κ3) is 2.38. The second kappa shape index (κ2) is 5.01. The van der Waals surface area contributed by atoms with Crippen LogP contribution >= 0.6 is 0 Å². The van der Waals surface area contributed by atoms with Gasteiger partial charge in [0, 0.05) is 5.56 Å². The summed E-state index contributed by atoms with van der Waals surface area (Å²) in [5.74, 6) is -1.20. The highest BCUT2D eigenvalue weighted by Gasteiger charge is 2.33. The van der Waals surface area contributed by atoms with Crippen LogP contribution in [0.1, 0.15) is 17.3 Å². The van der Waals surface area contributed by atoms with Gasteiger partial charge in [0.15, 0.2) is 0 Å². The lowest BCUT2D eigenvalue weighted by Gasteiger charge is -2.31. The van der Waals surface area contributed by atoms with Crippen molar-refractivity contribution in [3.05, 3.63) is 48.0 Å². The van der Waals surface area contributed by atoms with Gasteiger partial charge in [-0.25, -0.2) is 0 Å². The van der Waals surface area contributed by atoms with Crippen LogP contribution in [0.3, 0.4) is 0 Å². The first-order valence-electron chi connectivity index (χ1n) is 6.70. The summed E-state index contributed by atoms with van der Waals surface area (Å²) in [5.41, 5.74) is 0.475. The van der Waals surface area contributed by atoms with Gasteiger partial charge in [-0.05, 0) is 29.8 Å². The number of carbonyl (C=O) groups excluding carboxylic acids is 3. The third-order valence-electron chi connectivity index (χ3n) is 3.68. The minimum absolute atomic E-state index is 0.0986. The van der Waals surface area contributed by atoms with Crippen molar-refractivity contribution in [2.24, 2.45) is 0 Å². The number of amides is 3. The van der Waals surface area contributed by atoms with Gasteiger partial charge in [-0.15, -0.1) is 0 Å². The minimum atomic E-state index is -0.651. The first-order valence-corrected chi connectivity index (χ1v) is 6.70. The van der Waals surface area contributed by atoms with E-state index >= 15 is 0 Å². The van der Waals surface area contributed by atoms with Crippen molar-refractivity contribution >= 4 is 28.5 Å². The monoisotopic (exact) mass is 282 g/mol. The van der Waals surface area contributed by atoms with E-state index in [0.29, 0.717) is 5.56 Å². The van der Waals surface area contributed by atoms with Crippen molar-refractivity contribution in [1.82, 2.24) is 10.2 Å². The molecule has 5 nitrogen and oxygen atoms in total. The van der Waals surface area contributed by atoms with E-state index < -0.39 is 17.9 Å². The highest BCUT2D eigenvalue weighted by atomic mass is 16.2. The van der Waals surface area contributed by atoms with Crippen molar-refractivity contribution in [3.63, 3.8) is 0 Å². The number of nitrogens with zero attached hydrogens (tertiary/aromatic N) is 1. The van der Waals surface area contributed by atoms with Gasteiger partial charge in [0.25, 0.3) is 5.91 Å². The van der Waals surface area contributed by atoms with Crippen molar-refractivity contribution in [3.8, 4) is 0 Å². The van der Waals surface area contributed by atoms with E-state index in [1.54, 1.807) is 19.1 Å². The Balaban J connectivity index is 1.95. The van der Waals surface area contributed by atoms with Crippen molar-refractivity contribution in [2.45, 2.75) is 13.0 Å².